The highest BCUT2D eigenvalue weighted by molar-refractivity contribution is 6.37. The first-order valence-corrected chi connectivity index (χ1v) is 7.69. The zero-order valence-corrected chi connectivity index (χ0v) is 15.0. The van der Waals surface area contributed by atoms with Crippen LogP contribution in [0.3, 0.4) is 0 Å². The van der Waals surface area contributed by atoms with Gasteiger partial charge in [0.15, 0.2) is 5.69 Å². The van der Waals surface area contributed by atoms with E-state index in [9.17, 15) is 13.2 Å². The maximum absolute atomic E-state index is 12.9. The van der Waals surface area contributed by atoms with Crippen LogP contribution >= 0.6 is 23.2 Å². The second-order valence-electron chi connectivity index (χ2n) is 5.03. The van der Waals surface area contributed by atoms with Gasteiger partial charge in [0.2, 0.25) is 5.88 Å². The molecule has 1 heterocycles. The Hall–Kier alpha value is -1.93. The first kappa shape index (κ1) is 19.4. The number of hydrogen-bond donors (Lipinski definition) is 0. The fraction of sp³-hybridized carbons (Fsp3) is 0.333. The van der Waals surface area contributed by atoms with E-state index in [4.69, 9.17) is 32.8 Å². The minimum absolute atomic E-state index is 0.0267. The summed E-state index contributed by atoms with van der Waals surface area (Å²) >= 11 is 12.0. The maximum Gasteiger partial charge on any atom is 0.435 e. The molecule has 0 spiro atoms. The van der Waals surface area contributed by atoms with Crippen molar-refractivity contribution in [2.45, 2.75) is 13.1 Å². The predicted octanol–water partition coefficient (Wildman–Crippen LogP) is 4.48. The number of halogens is 5. The lowest BCUT2D eigenvalue weighted by molar-refractivity contribution is -0.141. The van der Waals surface area contributed by atoms with Crippen molar-refractivity contribution in [1.29, 1.82) is 0 Å². The Bertz CT molecular complexity index is 804. The molecule has 1 aromatic heterocycles. The molecule has 10 heteroatoms. The second-order valence-corrected chi connectivity index (χ2v) is 5.88. The third-order valence-electron chi connectivity index (χ3n) is 3.28. The van der Waals surface area contributed by atoms with Crippen LogP contribution in [-0.2, 0) is 18.1 Å². The second kappa shape index (κ2) is 7.53. The van der Waals surface area contributed by atoms with Gasteiger partial charge in [0, 0.05) is 23.2 Å². The normalized spacial score (nSPS) is 12.4. The first-order valence-electron chi connectivity index (χ1n) is 6.94. The summed E-state index contributed by atoms with van der Waals surface area (Å²) < 4.78 is 45.3. The molecule has 0 atom stereocenters. The summed E-state index contributed by atoms with van der Waals surface area (Å²) in [4.78, 5) is 4.77. The van der Waals surface area contributed by atoms with Gasteiger partial charge in [-0.1, -0.05) is 28.4 Å². The summed E-state index contributed by atoms with van der Waals surface area (Å²) in [6.07, 6.45) is -4.56. The SMILES string of the molecule is CON=C(COc1c(C)c(C(F)(F)F)nn1C)c1ccc(Cl)cc1Cl. The molecule has 136 valence electrons. The van der Waals surface area contributed by atoms with E-state index >= 15 is 0 Å². The Kier molecular flexibility index (Phi) is 5.84. The molecule has 0 aliphatic heterocycles. The van der Waals surface area contributed by atoms with Gasteiger partial charge >= 0.3 is 6.18 Å². The van der Waals surface area contributed by atoms with E-state index < -0.39 is 11.9 Å². The summed E-state index contributed by atoms with van der Waals surface area (Å²) in [7, 11) is 2.70. The third-order valence-corrected chi connectivity index (χ3v) is 3.83. The Morgan fingerprint density at radius 2 is 2.00 bits per heavy atom. The average molecular weight is 396 g/mol. The number of hydrogen-bond acceptors (Lipinski definition) is 4. The maximum atomic E-state index is 12.9. The van der Waals surface area contributed by atoms with Crippen LogP contribution in [0.2, 0.25) is 10.0 Å². The Morgan fingerprint density at radius 3 is 2.52 bits per heavy atom. The van der Waals surface area contributed by atoms with E-state index in [0.717, 1.165) is 4.68 Å². The number of benzene rings is 1. The largest absolute Gasteiger partial charge is 0.471 e. The van der Waals surface area contributed by atoms with Crippen molar-refractivity contribution in [2.75, 3.05) is 13.7 Å². The number of oxime groups is 1. The summed E-state index contributed by atoms with van der Waals surface area (Å²) in [5, 5.41) is 8.03. The molecule has 0 fully saturated rings. The van der Waals surface area contributed by atoms with Crippen molar-refractivity contribution in [1.82, 2.24) is 9.78 Å². The van der Waals surface area contributed by atoms with Crippen LogP contribution in [-0.4, -0.2) is 29.2 Å². The van der Waals surface area contributed by atoms with Gasteiger partial charge in [-0.15, -0.1) is 0 Å². The van der Waals surface area contributed by atoms with E-state index in [-0.39, 0.29) is 18.1 Å². The third kappa shape index (κ3) is 4.38. The number of ether oxygens (including phenoxy) is 1. The fourth-order valence-corrected chi connectivity index (χ4v) is 2.73. The zero-order chi connectivity index (χ0) is 18.8. The van der Waals surface area contributed by atoms with Gasteiger partial charge in [-0.3, -0.25) is 0 Å². The van der Waals surface area contributed by atoms with Gasteiger partial charge in [-0.25, -0.2) is 4.68 Å². The van der Waals surface area contributed by atoms with Crippen molar-refractivity contribution in [3.05, 3.63) is 45.1 Å². The Morgan fingerprint density at radius 1 is 1.32 bits per heavy atom. The van der Waals surface area contributed by atoms with Crippen molar-refractivity contribution in [3.63, 3.8) is 0 Å². The predicted molar refractivity (Wildman–Crippen MR) is 88.5 cm³/mol. The van der Waals surface area contributed by atoms with Crippen LogP contribution in [0.4, 0.5) is 13.2 Å². The fourth-order valence-electron chi connectivity index (χ4n) is 2.21. The minimum Gasteiger partial charge on any atom is -0.471 e. The molecule has 0 bridgehead atoms. The summed E-state index contributed by atoms with van der Waals surface area (Å²) in [6, 6.07) is 4.73. The molecule has 0 aliphatic rings. The van der Waals surface area contributed by atoms with E-state index in [1.54, 1.807) is 12.1 Å². The summed E-state index contributed by atoms with van der Waals surface area (Å²) in [5.74, 6) is -0.0267. The van der Waals surface area contributed by atoms with E-state index in [0.29, 0.717) is 21.3 Å². The molecule has 0 aliphatic carbocycles. The average Bonchev–Trinajstić information content (AvgIpc) is 2.79. The number of nitrogens with zero attached hydrogens (tertiary/aromatic N) is 3. The van der Waals surface area contributed by atoms with Crippen molar-refractivity contribution >= 4 is 28.9 Å². The molecule has 0 amide bonds. The highest BCUT2D eigenvalue weighted by atomic mass is 35.5. The molecular weight excluding hydrogens is 382 g/mol. The van der Waals surface area contributed by atoms with Crippen molar-refractivity contribution in [2.24, 2.45) is 12.2 Å². The van der Waals surface area contributed by atoms with Gasteiger partial charge in [-0.2, -0.15) is 18.3 Å². The van der Waals surface area contributed by atoms with Gasteiger partial charge in [0.25, 0.3) is 0 Å². The Balaban J connectivity index is 2.29. The monoisotopic (exact) mass is 395 g/mol. The number of alkyl halides is 3. The smallest absolute Gasteiger partial charge is 0.435 e. The molecule has 1 aromatic carbocycles. The van der Waals surface area contributed by atoms with Gasteiger partial charge < -0.3 is 9.57 Å². The highest BCUT2D eigenvalue weighted by Crippen LogP contribution is 2.34. The van der Waals surface area contributed by atoms with Gasteiger partial charge in [0.05, 0.1) is 5.02 Å². The minimum atomic E-state index is -4.56. The zero-order valence-electron chi connectivity index (χ0n) is 13.5. The molecule has 0 unspecified atom stereocenters. The van der Waals surface area contributed by atoms with Crippen LogP contribution < -0.4 is 4.74 Å². The topological polar surface area (TPSA) is 48.6 Å². The molecule has 0 saturated carbocycles. The number of aromatic nitrogens is 2. The first-order chi connectivity index (χ1) is 11.6. The van der Waals surface area contributed by atoms with Crippen molar-refractivity contribution < 1.29 is 22.7 Å². The van der Waals surface area contributed by atoms with Gasteiger partial charge in [-0.05, 0) is 25.1 Å². The molecular formula is C15H14Cl2F3N3O2. The number of aryl methyl sites for hydroxylation is 1. The molecule has 0 radical (unpaired) electrons. The summed E-state index contributed by atoms with van der Waals surface area (Å²) in [5.41, 5.74) is -0.337. The highest BCUT2D eigenvalue weighted by Gasteiger charge is 2.38. The van der Waals surface area contributed by atoms with Crippen molar-refractivity contribution in [3.8, 4) is 5.88 Å². The van der Waals surface area contributed by atoms with E-state index in [2.05, 4.69) is 10.3 Å². The lowest BCUT2D eigenvalue weighted by Crippen LogP contribution is -2.16. The van der Waals surface area contributed by atoms with E-state index in [1.165, 1.54) is 27.1 Å². The lowest BCUT2D eigenvalue weighted by Gasteiger charge is -2.11. The molecule has 25 heavy (non-hydrogen) atoms. The molecule has 5 nitrogen and oxygen atoms in total. The Labute approximate surface area is 151 Å². The molecule has 2 rings (SSSR count). The van der Waals surface area contributed by atoms with Crippen LogP contribution in [0.5, 0.6) is 5.88 Å². The van der Waals surface area contributed by atoms with Crippen LogP contribution in [0.15, 0.2) is 23.4 Å². The van der Waals surface area contributed by atoms with Crippen LogP contribution in [0.1, 0.15) is 16.8 Å². The number of rotatable bonds is 5. The molecule has 0 N–H and O–H groups in total. The van der Waals surface area contributed by atoms with Gasteiger partial charge in [0.1, 0.15) is 19.4 Å². The van der Waals surface area contributed by atoms with E-state index in [1.807, 2.05) is 0 Å². The van der Waals surface area contributed by atoms with Crippen LogP contribution in [0, 0.1) is 6.92 Å². The standard InChI is InChI=1S/C15H14Cl2F3N3O2/c1-8-13(15(18,19)20)21-23(2)14(8)25-7-12(22-24-3)10-5-4-9(16)6-11(10)17/h4-6H,7H2,1-3H3. The lowest BCUT2D eigenvalue weighted by atomic mass is 10.1. The summed E-state index contributed by atoms with van der Waals surface area (Å²) in [6.45, 7) is 1.11. The van der Waals surface area contributed by atoms with Crippen LogP contribution in [0.25, 0.3) is 0 Å². The quantitative estimate of drug-likeness (QED) is 0.553. The molecule has 2 aromatic rings. The molecule has 0 saturated heterocycles.